The highest BCUT2D eigenvalue weighted by molar-refractivity contribution is 5.69. The first kappa shape index (κ1) is 23.1. The Kier molecular flexibility index (Phi) is 7.81. The monoisotopic (exact) mass is 417 g/mol. The van der Waals surface area contributed by atoms with Crippen LogP contribution >= 0.6 is 0 Å². The SMILES string of the molecule is CC(C)[C@@H](O)C[C@@H]1OC(C)(C)N(C(=O)OCc2ccccc2)[C@H]1CC1CCCCC1. The molecule has 0 unspecified atom stereocenters. The van der Waals surface area contributed by atoms with Crippen LogP contribution in [0, 0.1) is 11.8 Å². The van der Waals surface area contributed by atoms with Crippen molar-refractivity contribution in [2.45, 2.75) is 103 Å². The Hall–Kier alpha value is -1.59. The Morgan fingerprint density at radius 3 is 2.50 bits per heavy atom. The van der Waals surface area contributed by atoms with E-state index in [1.54, 1.807) is 0 Å². The minimum absolute atomic E-state index is 0.0697. The van der Waals surface area contributed by atoms with Gasteiger partial charge in [0, 0.05) is 6.42 Å². The Morgan fingerprint density at radius 1 is 1.20 bits per heavy atom. The van der Waals surface area contributed by atoms with Gasteiger partial charge in [0.2, 0.25) is 0 Å². The van der Waals surface area contributed by atoms with E-state index in [-0.39, 0.29) is 30.8 Å². The van der Waals surface area contributed by atoms with Crippen molar-refractivity contribution in [3.63, 3.8) is 0 Å². The third-order valence-electron chi connectivity index (χ3n) is 6.73. The summed E-state index contributed by atoms with van der Waals surface area (Å²) in [4.78, 5) is 15.0. The summed E-state index contributed by atoms with van der Waals surface area (Å²) in [5, 5.41) is 10.5. The third-order valence-corrected chi connectivity index (χ3v) is 6.73. The van der Waals surface area contributed by atoms with Gasteiger partial charge in [-0.3, -0.25) is 4.90 Å². The molecule has 0 spiro atoms. The first-order valence-electron chi connectivity index (χ1n) is 11.6. The number of benzene rings is 1. The Bertz CT molecular complexity index is 669. The molecule has 5 nitrogen and oxygen atoms in total. The Labute approximate surface area is 181 Å². The molecule has 0 bridgehead atoms. The second-order valence-electron chi connectivity index (χ2n) is 9.87. The van der Waals surface area contributed by atoms with Crippen molar-refractivity contribution in [2.75, 3.05) is 0 Å². The minimum Gasteiger partial charge on any atom is -0.444 e. The van der Waals surface area contributed by atoms with Gasteiger partial charge in [-0.25, -0.2) is 4.79 Å². The van der Waals surface area contributed by atoms with Gasteiger partial charge < -0.3 is 14.6 Å². The van der Waals surface area contributed by atoms with Crippen LogP contribution in [0.4, 0.5) is 4.79 Å². The molecule has 1 aromatic carbocycles. The van der Waals surface area contributed by atoms with E-state index < -0.39 is 11.8 Å². The molecule has 0 aromatic heterocycles. The van der Waals surface area contributed by atoms with Gasteiger partial charge in [0.1, 0.15) is 12.3 Å². The second-order valence-corrected chi connectivity index (χ2v) is 9.87. The van der Waals surface area contributed by atoms with Crippen LogP contribution in [0.5, 0.6) is 0 Å². The van der Waals surface area contributed by atoms with E-state index in [1.165, 1.54) is 32.1 Å². The summed E-state index contributed by atoms with van der Waals surface area (Å²) in [6.07, 6.45) is 6.77. The predicted molar refractivity (Wildman–Crippen MR) is 118 cm³/mol. The maximum atomic E-state index is 13.2. The van der Waals surface area contributed by atoms with Crippen molar-refractivity contribution in [3.05, 3.63) is 35.9 Å². The summed E-state index contributed by atoms with van der Waals surface area (Å²) in [5.41, 5.74) is 0.216. The standard InChI is InChI=1S/C25H39NO4/c1-18(2)22(27)16-23-21(15-19-11-7-5-8-12-19)26(25(3,4)30-23)24(28)29-17-20-13-9-6-10-14-20/h6,9-10,13-14,18-19,21-23,27H,5,7-8,11-12,15-17H2,1-4H3/t21-,22-,23-/m0/s1. The predicted octanol–water partition coefficient (Wildman–Crippen LogP) is 5.51. The summed E-state index contributed by atoms with van der Waals surface area (Å²) in [7, 11) is 0. The maximum absolute atomic E-state index is 13.2. The third kappa shape index (κ3) is 5.76. The van der Waals surface area contributed by atoms with Gasteiger partial charge in [0.25, 0.3) is 0 Å². The highest BCUT2D eigenvalue weighted by Gasteiger charge is 2.51. The number of carbonyl (C=O) groups excluding carboxylic acids is 1. The number of aliphatic hydroxyl groups is 1. The topological polar surface area (TPSA) is 59.0 Å². The molecular weight excluding hydrogens is 378 g/mol. The molecule has 1 heterocycles. The fourth-order valence-electron chi connectivity index (χ4n) is 4.95. The molecule has 1 saturated carbocycles. The van der Waals surface area contributed by atoms with Gasteiger partial charge in [0.05, 0.1) is 18.2 Å². The molecule has 1 N–H and O–H groups in total. The largest absolute Gasteiger partial charge is 0.444 e. The highest BCUT2D eigenvalue weighted by Crippen LogP contribution is 2.40. The highest BCUT2D eigenvalue weighted by atomic mass is 16.6. The minimum atomic E-state index is -0.755. The zero-order valence-corrected chi connectivity index (χ0v) is 19.0. The first-order valence-corrected chi connectivity index (χ1v) is 11.6. The number of ether oxygens (including phenoxy) is 2. The van der Waals surface area contributed by atoms with Crippen molar-refractivity contribution in [1.29, 1.82) is 0 Å². The van der Waals surface area contributed by atoms with E-state index in [4.69, 9.17) is 9.47 Å². The Balaban J connectivity index is 1.75. The number of amides is 1. The zero-order chi connectivity index (χ0) is 21.7. The molecule has 30 heavy (non-hydrogen) atoms. The van der Waals surface area contributed by atoms with Crippen molar-refractivity contribution in [3.8, 4) is 0 Å². The molecule has 5 heteroatoms. The lowest BCUT2D eigenvalue weighted by molar-refractivity contribution is -0.0808. The summed E-state index contributed by atoms with van der Waals surface area (Å²) in [5.74, 6) is 0.760. The molecular formula is C25H39NO4. The molecule has 1 saturated heterocycles. The smallest absolute Gasteiger partial charge is 0.412 e. The first-order chi connectivity index (χ1) is 14.3. The number of nitrogens with zero attached hydrogens (tertiary/aromatic N) is 1. The van der Waals surface area contributed by atoms with Crippen molar-refractivity contribution < 1.29 is 19.4 Å². The fourth-order valence-corrected chi connectivity index (χ4v) is 4.95. The number of aliphatic hydroxyl groups excluding tert-OH is 1. The van der Waals surface area contributed by atoms with E-state index in [0.29, 0.717) is 12.3 Å². The average Bonchev–Trinajstić information content (AvgIpc) is 2.96. The number of rotatable bonds is 7. The van der Waals surface area contributed by atoms with Gasteiger partial charge in [-0.1, -0.05) is 76.3 Å². The maximum Gasteiger partial charge on any atom is 0.412 e. The van der Waals surface area contributed by atoms with Crippen LogP contribution in [-0.2, 0) is 16.1 Å². The van der Waals surface area contributed by atoms with E-state index in [1.807, 2.05) is 62.9 Å². The average molecular weight is 418 g/mol. The van der Waals surface area contributed by atoms with Gasteiger partial charge in [-0.2, -0.15) is 0 Å². The molecule has 1 amide bonds. The summed E-state index contributed by atoms with van der Waals surface area (Å²) in [6.45, 7) is 8.17. The van der Waals surface area contributed by atoms with Crippen LogP contribution in [-0.4, -0.2) is 40.1 Å². The summed E-state index contributed by atoms with van der Waals surface area (Å²) < 4.78 is 12.1. The molecule has 3 atom stereocenters. The van der Waals surface area contributed by atoms with E-state index in [0.717, 1.165) is 12.0 Å². The lowest BCUT2D eigenvalue weighted by Gasteiger charge is -2.35. The number of hydrogen-bond donors (Lipinski definition) is 1. The number of hydrogen-bond acceptors (Lipinski definition) is 4. The number of carbonyl (C=O) groups is 1. The van der Waals surface area contributed by atoms with Crippen molar-refractivity contribution in [1.82, 2.24) is 4.90 Å². The van der Waals surface area contributed by atoms with Gasteiger partial charge in [0.15, 0.2) is 0 Å². The van der Waals surface area contributed by atoms with Crippen molar-refractivity contribution in [2.24, 2.45) is 11.8 Å². The zero-order valence-electron chi connectivity index (χ0n) is 19.0. The van der Waals surface area contributed by atoms with Gasteiger partial charge >= 0.3 is 6.09 Å². The van der Waals surface area contributed by atoms with Crippen LogP contribution in [0.2, 0.25) is 0 Å². The van der Waals surface area contributed by atoms with Gasteiger partial charge in [-0.15, -0.1) is 0 Å². The molecule has 168 valence electrons. The Morgan fingerprint density at radius 2 is 1.87 bits per heavy atom. The molecule has 3 rings (SSSR count). The van der Waals surface area contributed by atoms with Gasteiger partial charge in [-0.05, 0) is 37.7 Å². The van der Waals surface area contributed by atoms with Crippen molar-refractivity contribution >= 4 is 6.09 Å². The molecule has 2 aliphatic rings. The van der Waals surface area contributed by atoms with E-state index in [9.17, 15) is 9.90 Å². The molecule has 1 aliphatic carbocycles. The lowest BCUT2D eigenvalue weighted by Crippen LogP contribution is -2.49. The summed E-state index contributed by atoms with van der Waals surface area (Å²) in [6, 6.07) is 9.69. The van der Waals surface area contributed by atoms with Crippen LogP contribution in [0.15, 0.2) is 30.3 Å². The summed E-state index contributed by atoms with van der Waals surface area (Å²) >= 11 is 0. The normalized spacial score (nSPS) is 25.5. The van der Waals surface area contributed by atoms with Crippen LogP contribution < -0.4 is 0 Å². The second kappa shape index (κ2) is 10.1. The fraction of sp³-hybridized carbons (Fsp3) is 0.720. The quantitative estimate of drug-likeness (QED) is 0.636. The molecule has 1 aromatic rings. The van der Waals surface area contributed by atoms with E-state index >= 15 is 0 Å². The molecule has 2 fully saturated rings. The van der Waals surface area contributed by atoms with Crippen LogP contribution in [0.25, 0.3) is 0 Å². The molecule has 0 radical (unpaired) electrons. The lowest BCUT2D eigenvalue weighted by atomic mass is 9.82. The molecule has 1 aliphatic heterocycles. The van der Waals surface area contributed by atoms with Crippen LogP contribution in [0.3, 0.4) is 0 Å². The van der Waals surface area contributed by atoms with E-state index in [2.05, 4.69) is 0 Å². The van der Waals surface area contributed by atoms with Crippen LogP contribution in [0.1, 0.15) is 78.2 Å².